The third kappa shape index (κ3) is 3.54. The molecule has 0 saturated carbocycles. The third-order valence-corrected chi connectivity index (χ3v) is 8.29. The molecule has 0 bridgehead atoms. The van der Waals surface area contributed by atoms with Crippen molar-refractivity contribution < 1.29 is 39.5 Å². The molecule has 0 aromatic heterocycles. The van der Waals surface area contributed by atoms with Crippen LogP contribution in [0.15, 0.2) is 4.90 Å². The van der Waals surface area contributed by atoms with Gasteiger partial charge in [-0.2, -0.15) is 4.39 Å². The van der Waals surface area contributed by atoms with Crippen LogP contribution in [-0.2, 0) is 8.87 Å². The number of alkyl halides is 2. The van der Waals surface area contributed by atoms with Crippen LogP contribution >= 0.6 is 20.6 Å². The second kappa shape index (κ2) is 6.57. The maximum Gasteiger partial charge on any atom is 0.272 e. The van der Waals surface area contributed by atoms with Gasteiger partial charge in [0.05, 0.1) is 0 Å². The number of benzene rings is 1. The monoisotopic (exact) mass is 374 g/mol. The highest BCUT2D eigenvalue weighted by Gasteiger charge is 2.35. The number of thiol groups is 2. The molecule has 0 amide bonds. The Bertz CT molecular complexity index is 647. The average Bonchev–Trinajstić information content (AvgIpc) is 2.38. The van der Waals surface area contributed by atoms with Crippen molar-refractivity contribution in [2.75, 3.05) is 12.9 Å². The van der Waals surface area contributed by atoms with Crippen LogP contribution in [0.2, 0.25) is 0 Å². The summed E-state index contributed by atoms with van der Waals surface area (Å²) in [6.45, 7) is -1.53. The molecule has 0 N–H and O–H groups in total. The molecule has 0 aliphatic heterocycles. The van der Waals surface area contributed by atoms with Crippen LogP contribution in [0.1, 0.15) is 0 Å². The Labute approximate surface area is 122 Å². The first-order valence-electron chi connectivity index (χ1n) is 4.96. The Morgan fingerprint density at radius 1 is 1.10 bits per heavy atom. The third-order valence-electron chi connectivity index (χ3n) is 2.14. The van der Waals surface area contributed by atoms with Crippen molar-refractivity contribution in [3.8, 4) is 5.75 Å². The standard InChI is InChI=1S/C9H8F6O3S3/c1-20(19)21(16,17)9-7(15)5(13)4(12)6(14)8(9)18-2-3(10)11/h3,19-20H,2H2,1H3. The zero-order valence-corrected chi connectivity index (χ0v) is 12.7. The van der Waals surface area contributed by atoms with Gasteiger partial charge in [-0.05, 0) is 6.26 Å². The van der Waals surface area contributed by atoms with Crippen molar-refractivity contribution >= 4 is 29.5 Å². The van der Waals surface area contributed by atoms with Crippen LogP contribution < -0.4 is 4.74 Å². The van der Waals surface area contributed by atoms with Crippen LogP contribution in [0.3, 0.4) is 0 Å². The van der Waals surface area contributed by atoms with Gasteiger partial charge in [0.2, 0.25) is 20.5 Å². The maximum absolute atomic E-state index is 13.6. The lowest BCUT2D eigenvalue weighted by Crippen LogP contribution is -2.15. The van der Waals surface area contributed by atoms with E-state index in [1.165, 1.54) is 0 Å². The fourth-order valence-corrected chi connectivity index (χ4v) is 4.21. The fourth-order valence-electron chi connectivity index (χ4n) is 1.23. The Morgan fingerprint density at radius 2 is 1.57 bits per heavy atom. The van der Waals surface area contributed by atoms with Crippen LogP contribution in [-0.4, -0.2) is 27.7 Å². The molecule has 0 radical (unpaired) electrons. The first-order chi connectivity index (χ1) is 9.51. The highest BCUT2D eigenvalue weighted by atomic mass is 33.5. The van der Waals surface area contributed by atoms with E-state index in [0.29, 0.717) is 0 Å². The van der Waals surface area contributed by atoms with Gasteiger partial charge in [0, 0.05) is 0 Å². The van der Waals surface area contributed by atoms with E-state index in [0.717, 1.165) is 6.26 Å². The van der Waals surface area contributed by atoms with Crippen LogP contribution in [0.4, 0.5) is 26.3 Å². The molecule has 21 heavy (non-hydrogen) atoms. The molecule has 12 heteroatoms. The quantitative estimate of drug-likeness (QED) is 0.274. The number of ether oxygens (including phenoxy) is 1. The Balaban J connectivity index is 3.67. The minimum atomic E-state index is -4.71. The summed E-state index contributed by atoms with van der Waals surface area (Å²) in [5.74, 6) is -10.8. The first kappa shape index (κ1) is 18.3. The number of hydrogen-bond donors (Lipinski definition) is 2. The summed E-state index contributed by atoms with van der Waals surface area (Å²) in [5, 5.41) is 0. The van der Waals surface area contributed by atoms with Crippen molar-refractivity contribution in [3.63, 3.8) is 0 Å². The Morgan fingerprint density at radius 3 is 2.00 bits per heavy atom. The number of rotatable bonds is 5. The largest absolute Gasteiger partial charge is 0.483 e. The van der Waals surface area contributed by atoms with E-state index >= 15 is 0 Å². The highest BCUT2D eigenvalue weighted by molar-refractivity contribution is 9.10. The summed E-state index contributed by atoms with van der Waals surface area (Å²) in [4.78, 5) is -1.66. The molecule has 0 spiro atoms. The van der Waals surface area contributed by atoms with Crippen molar-refractivity contribution in [1.82, 2.24) is 0 Å². The van der Waals surface area contributed by atoms with Crippen molar-refractivity contribution in [3.05, 3.63) is 23.3 Å². The lowest BCUT2D eigenvalue weighted by atomic mass is 10.3. The molecule has 0 saturated heterocycles. The Hall–Kier alpha value is -0.750. The average molecular weight is 374 g/mol. The van der Waals surface area contributed by atoms with Gasteiger partial charge in [-0.1, -0.05) is 0 Å². The van der Waals surface area contributed by atoms with Gasteiger partial charge in [-0.15, -0.1) is 20.6 Å². The van der Waals surface area contributed by atoms with E-state index in [9.17, 15) is 34.8 Å². The molecule has 1 atom stereocenters. The zero-order valence-electron chi connectivity index (χ0n) is 10.1. The lowest BCUT2D eigenvalue weighted by molar-refractivity contribution is 0.0770. The van der Waals surface area contributed by atoms with E-state index in [1.807, 2.05) is 0 Å². The van der Waals surface area contributed by atoms with E-state index in [4.69, 9.17) is 0 Å². The molecule has 122 valence electrons. The molecule has 1 aromatic rings. The highest BCUT2D eigenvalue weighted by Crippen LogP contribution is 2.45. The van der Waals surface area contributed by atoms with E-state index in [-0.39, 0.29) is 0 Å². The lowest BCUT2D eigenvalue weighted by Gasteiger charge is -2.17. The molecule has 3 nitrogen and oxygen atoms in total. The van der Waals surface area contributed by atoms with Gasteiger partial charge in [0.15, 0.2) is 22.3 Å². The smallest absolute Gasteiger partial charge is 0.272 e. The predicted octanol–water partition coefficient (Wildman–Crippen LogP) is 3.05. The van der Waals surface area contributed by atoms with Gasteiger partial charge in [0.25, 0.3) is 6.43 Å². The molecule has 0 aliphatic carbocycles. The Kier molecular flexibility index (Phi) is 5.72. The summed E-state index contributed by atoms with van der Waals surface area (Å²) in [5.41, 5.74) is 0. The number of hydrogen-bond acceptors (Lipinski definition) is 4. The molecule has 0 heterocycles. The van der Waals surface area contributed by atoms with E-state index in [2.05, 4.69) is 16.4 Å². The summed E-state index contributed by atoms with van der Waals surface area (Å²) in [7, 11) is -7.02. The fraction of sp³-hybridized carbons (Fsp3) is 0.333. The van der Waals surface area contributed by atoms with Crippen molar-refractivity contribution in [2.24, 2.45) is 0 Å². The summed E-state index contributed by atoms with van der Waals surface area (Å²) >= 11 is 3.56. The molecular formula is C9H8F6O3S3. The first-order valence-corrected chi connectivity index (χ1v) is 9.99. The normalized spacial score (nSPS) is 14.4. The topological polar surface area (TPSA) is 43.4 Å². The predicted molar refractivity (Wildman–Crippen MR) is 68.9 cm³/mol. The van der Waals surface area contributed by atoms with E-state index in [1.54, 1.807) is 0 Å². The minimum absolute atomic E-state index is 0.989. The molecule has 1 rings (SSSR count). The molecule has 1 unspecified atom stereocenters. The van der Waals surface area contributed by atoms with E-state index < -0.39 is 64.8 Å². The zero-order chi connectivity index (χ0) is 16.5. The minimum Gasteiger partial charge on any atom is -0.483 e. The van der Waals surface area contributed by atoms with Crippen LogP contribution in [0.5, 0.6) is 5.75 Å². The molecule has 0 fully saturated rings. The van der Waals surface area contributed by atoms with Gasteiger partial charge < -0.3 is 4.74 Å². The van der Waals surface area contributed by atoms with Gasteiger partial charge >= 0.3 is 0 Å². The van der Waals surface area contributed by atoms with Gasteiger partial charge in [0.1, 0.15) is 6.61 Å². The van der Waals surface area contributed by atoms with Crippen molar-refractivity contribution in [1.29, 1.82) is 0 Å². The van der Waals surface area contributed by atoms with Crippen LogP contribution in [0, 0.1) is 23.3 Å². The van der Waals surface area contributed by atoms with Crippen molar-refractivity contribution in [2.45, 2.75) is 11.3 Å². The maximum atomic E-state index is 13.6. The second-order valence-electron chi connectivity index (χ2n) is 3.56. The van der Waals surface area contributed by atoms with Gasteiger partial charge in [-0.3, -0.25) is 0 Å². The summed E-state index contributed by atoms with van der Waals surface area (Å²) < 4.78 is 105. The summed E-state index contributed by atoms with van der Waals surface area (Å²) in [6, 6.07) is 0. The molecule has 0 aliphatic rings. The molecular weight excluding hydrogens is 366 g/mol. The second-order valence-corrected chi connectivity index (χ2v) is 11.5. The molecule has 1 aromatic carbocycles. The van der Waals surface area contributed by atoms with Crippen LogP contribution in [0.25, 0.3) is 0 Å². The van der Waals surface area contributed by atoms with Gasteiger partial charge in [-0.25, -0.2) is 30.4 Å². The SMILES string of the molecule is C[SH](S)S(=O)(=O)c1c(F)c(F)c(F)c(F)c1OCC(F)F. The summed E-state index contributed by atoms with van der Waals surface area (Å²) in [6.07, 6.45) is -2.18. The number of halogens is 6.